The molecule has 0 aliphatic heterocycles. The number of hydrogen-bond donors (Lipinski definition) is 0. The van der Waals surface area contributed by atoms with Gasteiger partial charge < -0.3 is 9.15 Å². The summed E-state index contributed by atoms with van der Waals surface area (Å²) in [6.45, 7) is 1.60. The SMILES string of the molecule is CCOC(=O)c1cc(C=O)oc1C(F)F. The summed E-state index contributed by atoms with van der Waals surface area (Å²) in [7, 11) is 0. The highest BCUT2D eigenvalue weighted by molar-refractivity contribution is 5.92. The molecule has 82 valence electrons. The molecule has 0 unspecified atom stereocenters. The number of carbonyl (C=O) groups is 2. The molecule has 0 saturated carbocycles. The third-order valence-electron chi connectivity index (χ3n) is 1.59. The Morgan fingerprint density at radius 1 is 1.67 bits per heavy atom. The molecule has 0 fully saturated rings. The average molecular weight is 218 g/mol. The van der Waals surface area contributed by atoms with Gasteiger partial charge in [0, 0.05) is 6.07 Å². The zero-order valence-corrected chi connectivity index (χ0v) is 7.83. The summed E-state index contributed by atoms with van der Waals surface area (Å²) in [6.07, 6.45) is -2.72. The van der Waals surface area contributed by atoms with Gasteiger partial charge in [-0.15, -0.1) is 0 Å². The number of hydrogen-bond acceptors (Lipinski definition) is 4. The van der Waals surface area contributed by atoms with Gasteiger partial charge in [-0.1, -0.05) is 0 Å². The summed E-state index contributed by atoms with van der Waals surface area (Å²) < 4.78 is 33.7. The van der Waals surface area contributed by atoms with Gasteiger partial charge in [0.25, 0.3) is 6.43 Å². The first kappa shape index (κ1) is 11.4. The second-order valence-corrected chi connectivity index (χ2v) is 2.57. The maximum Gasteiger partial charge on any atom is 0.341 e. The number of esters is 1. The van der Waals surface area contributed by atoms with Gasteiger partial charge in [-0.25, -0.2) is 13.6 Å². The molecule has 0 radical (unpaired) electrons. The Hall–Kier alpha value is -1.72. The van der Waals surface area contributed by atoms with E-state index >= 15 is 0 Å². The molecule has 0 N–H and O–H groups in total. The summed E-state index contributed by atoms with van der Waals surface area (Å²) in [6, 6.07) is 0.937. The van der Waals surface area contributed by atoms with Gasteiger partial charge in [0.1, 0.15) is 5.56 Å². The number of rotatable bonds is 4. The first-order chi connectivity index (χ1) is 7.10. The van der Waals surface area contributed by atoms with Crippen molar-refractivity contribution in [2.24, 2.45) is 0 Å². The largest absolute Gasteiger partial charge is 0.462 e. The summed E-state index contributed by atoms with van der Waals surface area (Å²) in [5, 5.41) is 0. The van der Waals surface area contributed by atoms with Crippen LogP contribution in [-0.2, 0) is 4.74 Å². The molecule has 0 aliphatic carbocycles. The van der Waals surface area contributed by atoms with Crippen LogP contribution in [0.2, 0.25) is 0 Å². The van der Waals surface area contributed by atoms with Crippen LogP contribution in [0.15, 0.2) is 10.5 Å². The predicted octanol–water partition coefficient (Wildman–Crippen LogP) is 2.21. The molecular formula is C9H8F2O4. The second kappa shape index (κ2) is 4.68. The number of aldehydes is 1. The summed E-state index contributed by atoms with van der Waals surface area (Å²) in [4.78, 5) is 21.5. The van der Waals surface area contributed by atoms with E-state index in [1.807, 2.05) is 0 Å². The van der Waals surface area contributed by atoms with Crippen LogP contribution in [-0.4, -0.2) is 18.9 Å². The minimum Gasteiger partial charge on any atom is -0.462 e. The molecule has 0 atom stereocenters. The van der Waals surface area contributed by atoms with Crippen molar-refractivity contribution in [1.29, 1.82) is 0 Å². The topological polar surface area (TPSA) is 56.5 Å². The van der Waals surface area contributed by atoms with Crippen molar-refractivity contribution in [3.63, 3.8) is 0 Å². The fourth-order valence-electron chi connectivity index (χ4n) is 1.01. The molecule has 1 aromatic heterocycles. The first-order valence-electron chi connectivity index (χ1n) is 4.14. The second-order valence-electron chi connectivity index (χ2n) is 2.57. The molecule has 0 bridgehead atoms. The van der Waals surface area contributed by atoms with E-state index in [1.165, 1.54) is 0 Å². The molecule has 1 aromatic rings. The maximum absolute atomic E-state index is 12.4. The number of halogens is 2. The van der Waals surface area contributed by atoms with E-state index in [-0.39, 0.29) is 18.7 Å². The Balaban J connectivity index is 3.08. The van der Waals surface area contributed by atoms with Crippen LogP contribution in [0.4, 0.5) is 8.78 Å². The van der Waals surface area contributed by atoms with Crippen molar-refractivity contribution in [2.75, 3.05) is 6.61 Å². The van der Waals surface area contributed by atoms with Crippen molar-refractivity contribution in [2.45, 2.75) is 13.3 Å². The summed E-state index contributed by atoms with van der Waals surface area (Å²) in [5.74, 6) is -2.09. The van der Waals surface area contributed by atoms with Crippen LogP contribution in [0, 0.1) is 0 Å². The van der Waals surface area contributed by atoms with E-state index in [0.29, 0.717) is 0 Å². The Morgan fingerprint density at radius 2 is 2.33 bits per heavy atom. The number of ether oxygens (including phenoxy) is 1. The van der Waals surface area contributed by atoms with Gasteiger partial charge >= 0.3 is 5.97 Å². The first-order valence-corrected chi connectivity index (χ1v) is 4.14. The third-order valence-corrected chi connectivity index (χ3v) is 1.59. The highest BCUT2D eigenvalue weighted by atomic mass is 19.3. The lowest BCUT2D eigenvalue weighted by atomic mass is 10.2. The van der Waals surface area contributed by atoms with Crippen molar-refractivity contribution < 1.29 is 27.5 Å². The lowest BCUT2D eigenvalue weighted by Crippen LogP contribution is -2.06. The molecule has 15 heavy (non-hydrogen) atoms. The summed E-state index contributed by atoms with van der Waals surface area (Å²) >= 11 is 0. The van der Waals surface area contributed by atoms with Crippen LogP contribution in [0.5, 0.6) is 0 Å². The maximum atomic E-state index is 12.4. The van der Waals surface area contributed by atoms with Gasteiger partial charge in [-0.2, -0.15) is 0 Å². The molecule has 1 rings (SSSR count). The highest BCUT2D eigenvalue weighted by Crippen LogP contribution is 2.26. The minimum atomic E-state index is -2.96. The molecule has 0 amide bonds. The Kier molecular flexibility index (Phi) is 3.54. The molecule has 4 nitrogen and oxygen atoms in total. The molecular weight excluding hydrogens is 210 g/mol. The predicted molar refractivity (Wildman–Crippen MR) is 45.0 cm³/mol. The molecule has 0 saturated heterocycles. The minimum absolute atomic E-state index is 0.0586. The van der Waals surface area contributed by atoms with Gasteiger partial charge in [0.15, 0.2) is 17.8 Å². The van der Waals surface area contributed by atoms with Crippen LogP contribution in [0.25, 0.3) is 0 Å². The van der Waals surface area contributed by atoms with Gasteiger partial charge in [-0.05, 0) is 6.92 Å². The quantitative estimate of drug-likeness (QED) is 0.574. The van der Waals surface area contributed by atoms with Crippen LogP contribution in [0.1, 0.15) is 40.0 Å². The van der Waals surface area contributed by atoms with Crippen molar-refractivity contribution >= 4 is 12.3 Å². The highest BCUT2D eigenvalue weighted by Gasteiger charge is 2.25. The standard InChI is InChI=1S/C9H8F2O4/c1-2-14-9(13)6-3-5(4-12)15-7(6)8(10)11/h3-4,8H,2H2,1H3. The van der Waals surface area contributed by atoms with Gasteiger partial charge in [-0.3, -0.25) is 4.79 Å². The number of carbonyl (C=O) groups excluding carboxylic acids is 2. The number of alkyl halides is 2. The van der Waals surface area contributed by atoms with E-state index in [0.717, 1.165) is 6.07 Å². The lowest BCUT2D eigenvalue weighted by molar-refractivity contribution is 0.0506. The fraction of sp³-hybridized carbons (Fsp3) is 0.333. The Bertz CT molecular complexity index is 370. The Morgan fingerprint density at radius 3 is 2.80 bits per heavy atom. The Labute approximate surface area is 83.8 Å². The molecule has 6 heteroatoms. The fourth-order valence-corrected chi connectivity index (χ4v) is 1.01. The van der Waals surface area contributed by atoms with E-state index in [1.54, 1.807) is 6.92 Å². The van der Waals surface area contributed by atoms with E-state index in [9.17, 15) is 18.4 Å². The van der Waals surface area contributed by atoms with Crippen molar-refractivity contribution in [1.82, 2.24) is 0 Å². The molecule has 0 aromatic carbocycles. The smallest absolute Gasteiger partial charge is 0.341 e. The normalized spacial score (nSPS) is 10.4. The van der Waals surface area contributed by atoms with Crippen LogP contribution in [0.3, 0.4) is 0 Å². The van der Waals surface area contributed by atoms with Crippen LogP contribution < -0.4 is 0 Å². The van der Waals surface area contributed by atoms with Gasteiger partial charge in [0.2, 0.25) is 0 Å². The third kappa shape index (κ3) is 2.39. The number of furan rings is 1. The van der Waals surface area contributed by atoms with Crippen LogP contribution >= 0.6 is 0 Å². The average Bonchev–Trinajstić information content (AvgIpc) is 2.61. The van der Waals surface area contributed by atoms with Crippen molar-refractivity contribution in [3.8, 4) is 0 Å². The molecule has 1 heterocycles. The summed E-state index contributed by atoms with van der Waals surface area (Å²) in [5.41, 5.74) is -0.408. The van der Waals surface area contributed by atoms with E-state index < -0.39 is 23.7 Å². The monoisotopic (exact) mass is 218 g/mol. The zero-order chi connectivity index (χ0) is 11.4. The molecule has 0 aliphatic rings. The van der Waals surface area contributed by atoms with Crippen molar-refractivity contribution in [3.05, 3.63) is 23.2 Å². The van der Waals surface area contributed by atoms with E-state index in [2.05, 4.69) is 9.15 Å². The lowest BCUT2D eigenvalue weighted by Gasteiger charge is -2.00. The zero-order valence-electron chi connectivity index (χ0n) is 7.83. The molecule has 0 spiro atoms. The van der Waals surface area contributed by atoms with E-state index in [4.69, 9.17) is 0 Å². The van der Waals surface area contributed by atoms with Gasteiger partial charge in [0.05, 0.1) is 6.61 Å².